The van der Waals surface area contributed by atoms with E-state index in [1.165, 1.54) is 12.3 Å². The van der Waals surface area contributed by atoms with Gasteiger partial charge in [-0.2, -0.15) is 13.2 Å². The highest BCUT2D eigenvalue weighted by Crippen LogP contribution is 2.35. The van der Waals surface area contributed by atoms with Gasteiger partial charge in [0.25, 0.3) is 5.91 Å². The molecule has 0 saturated carbocycles. The van der Waals surface area contributed by atoms with Crippen LogP contribution in [0.4, 0.5) is 18.9 Å². The van der Waals surface area contributed by atoms with Crippen molar-refractivity contribution in [3.05, 3.63) is 35.7 Å². The van der Waals surface area contributed by atoms with E-state index in [9.17, 15) is 18.0 Å². The van der Waals surface area contributed by atoms with Gasteiger partial charge in [0.2, 0.25) is 0 Å². The molecule has 1 aliphatic rings. The van der Waals surface area contributed by atoms with Crippen LogP contribution in [0.3, 0.4) is 0 Å². The van der Waals surface area contributed by atoms with Crippen LogP contribution in [-0.4, -0.2) is 40.6 Å². The SMILES string of the molecule is CCOc1ccc(C(F)(F)F)cc1NC(=O)c1cn(C2CCNCC2)nn1.Cl. The molecule has 154 valence electrons. The molecule has 1 aromatic carbocycles. The van der Waals surface area contributed by atoms with Crippen molar-refractivity contribution < 1.29 is 22.7 Å². The molecule has 0 spiro atoms. The quantitative estimate of drug-likeness (QED) is 0.777. The topological polar surface area (TPSA) is 81.1 Å². The number of rotatable bonds is 5. The first-order valence-electron chi connectivity index (χ1n) is 8.66. The van der Waals surface area contributed by atoms with Gasteiger partial charge in [0.1, 0.15) is 5.75 Å². The molecule has 0 bridgehead atoms. The number of piperidine rings is 1. The highest BCUT2D eigenvalue weighted by Gasteiger charge is 2.31. The predicted octanol–water partition coefficient (Wildman–Crippen LogP) is 3.29. The molecule has 2 heterocycles. The summed E-state index contributed by atoms with van der Waals surface area (Å²) in [7, 11) is 0. The van der Waals surface area contributed by atoms with E-state index >= 15 is 0 Å². The number of hydrogen-bond donors (Lipinski definition) is 2. The number of carbonyl (C=O) groups is 1. The number of benzene rings is 1. The molecule has 11 heteroatoms. The zero-order valence-electron chi connectivity index (χ0n) is 15.1. The monoisotopic (exact) mass is 419 g/mol. The van der Waals surface area contributed by atoms with Crippen molar-refractivity contribution in [3.8, 4) is 5.75 Å². The van der Waals surface area contributed by atoms with Crippen LogP contribution in [0.25, 0.3) is 0 Å². The van der Waals surface area contributed by atoms with Crippen molar-refractivity contribution in [2.45, 2.75) is 32.0 Å². The van der Waals surface area contributed by atoms with Crippen molar-refractivity contribution >= 4 is 24.0 Å². The van der Waals surface area contributed by atoms with Crippen molar-refractivity contribution in [2.24, 2.45) is 0 Å². The molecule has 1 amide bonds. The smallest absolute Gasteiger partial charge is 0.416 e. The summed E-state index contributed by atoms with van der Waals surface area (Å²) < 4.78 is 45.9. The molecular weight excluding hydrogens is 399 g/mol. The van der Waals surface area contributed by atoms with Crippen LogP contribution >= 0.6 is 12.4 Å². The zero-order chi connectivity index (χ0) is 19.4. The predicted molar refractivity (Wildman–Crippen MR) is 99.0 cm³/mol. The number of nitrogens with zero attached hydrogens (tertiary/aromatic N) is 3. The number of anilines is 1. The van der Waals surface area contributed by atoms with Crippen molar-refractivity contribution in [3.63, 3.8) is 0 Å². The van der Waals surface area contributed by atoms with Gasteiger partial charge in [-0.3, -0.25) is 4.79 Å². The van der Waals surface area contributed by atoms with Crippen LogP contribution in [0.15, 0.2) is 24.4 Å². The Kier molecular flexibility index (Phi) is 7.25. The Labute approximate surface area is 166 Å². The Hall–Kier alpha value is -2.33. The molecule has 2 aromatic rings. The largest absolute Gasteiger partial charge is 0.492 e. The average molecular weight is 420 g/mol. The molecule has 2 N–H and O–H groups in total. The number of halogens is 4. The van der Waals surface area contributed by atoms with Gasteiger partial charge in [0.15, 0.2) is 5.69 Å². The van der Waals surface area contributed by atoms with Crippen LogP contribution in [0.5, 0.6) is 5.75 Å². The Morgan fingerprint density at radius 1 is 1.36 bits per heavy atom. The summed E-state index contributed by atoms with van der Waals surface area (Å²) in [5.41, 5.74) is -0.902. The third-order valence-electron chi connectivity index (χ3n) is 4.28. The maximum atomic E-state index is 13.0. The molecule has 3 rings (SSSR count). The molecule has 0 unspecified atom stereocenters. The Morgan fingerprint density at radius 3 is 2.71 bits per heavy atom. The second-order valence-electron chi connectivity index (χ2n) is 6.16. The van der Waals surface area contributed by atoms with Crippen LogP contribution in [0.1, 0.15) is 41.9 Å². The first kappa shape index (κ1) is 22.0. The number of aromatic nitrogens is 3. The van der Waals surface area contributed by atoms with E-state index in [0.29, 0.717) is 0 Å². The van der Waals surface area contributed by atoms with Crippen molar-refractivity contribution in [2.75, 3.05) is 25.0 Å². The Balaban J connectivity index is 0.00000280. The van der Waals surface area contributed by atoms with Gasteiger partial charge in [0.05, 0.1) is 30.1 Å². The van der Waals surface area contributed by atoms with Crippen LogP contribution in [-0.2, 0) is 6.18 Å². The highest BCUT2D eigenvalue weighted by atomic mass is 35.5. The van der Waals surface area contributed by atoms with Crippen LogP contribution < -0.4 is 15.4 Å². The normalized spacial score (nSPS) is 15.0. The lowest BCUT2D eigenvalue weighted by Crippen LogP contribution is -2.29. The van der Waals surface area contributed by atoms with E-state index < -0.39 is 17.6 Å². The maximum Gasteiger partial charge on any atom is 0.416 e. The van der Waals surface area contributed by atoms with Gasteiger partial charge in [-0.15, -0.1) is 17.5 Å². The lowest BCUT2D eigenvalue weighted by molar-refractivity contribution is -0.137. The fraction of sp³-hybridized carbons (Fsp3) is 0.471. The fourth-order valence-electron chi connectivity index (χ4n) is 2.90. The summed E-state index contributed by atoms with van der Waals surface area (Å²) in [6, 6.07) is 3.09. The van der Waals surface area contributed by atoms with E-state index in [-0.39, 0.29) is 42.2 Å². The average Bonchev–Trinajstić information content (AvgIpc) is 3.13. The molecule has 0 aliphatic carbocycles. The molecule has 0 atom stereocenters. The third kappa shape index (κ3) is 5.14. The van der Waals surface area contributed by atoms with E-state index in [1.807, 2.05) is 0 Å². The Morgan fingerprint density at radius 2 is 2.07 bits per heavy atom. The Bertz CT molecular complexity index is 806. The lowest BCUT2D eigenvalue weighted by Gasteiger charge is -2.22. The first-order chi connectivity index (χ1) is 12.9. The zero-order valence-corrected chi connectivity index (χ0v) is 15.9. The lowest BCUT2D eigenvalue weighted by atomic mass is 10.1. The van der Waals surface area contributed by atoms with Crippen LogP contribution in [0, 0.1) is 0 Å². The van der Waals surface area contributed by atoms with E-state index in [4.69, 9.17) is 4.74 Å². The van der Waals surface area contributed by atoms with Gasteiger partial charge >= 0.3 is 6.18 Å². The fourth-order valence-corrected chi connectivity index (χ4v) is 2.90. The molecule has 1 saturated heterocycles. The first-order valence-corrected chi connectivity index (χ1v) is 8.66. The van der Waals surface area contributed by atoms with Crippen molar-refractivity contribution in [1.82, 2.24) is 20.3 Å². The number of nitrogens with one attached hydrogen (secondary N) is 2. The summed E-state index contributed by atoms with van der Waals surface area (Å²) in [5, 5.41) is 13.5. The number of carbonyl (C=O) groups excluding carboxylic acids is 1. The highest BCUT2D eigenvalue weighted by molar-refractivity contribution is 6.03. The molecule has 28 heavy (non-hydrogen) atoms. The second kappa shape index (κ2) is 9.24. The van der Waals surface area contributed by atoms with E-state index in [1.54, 1.807) is 11.6 Å². The van der Waals surface area contributed by atoms with Gasteiger partial charge < -0.3 is 15.4 Å². The van der Waals surface area contributed by atoms with Gasteiger partial charge in [-0.05, 0) is 51.1 Å². The molecule has 1 aromatic heterocycles. The van der Waals surface area contributed by atoms with Crippen molar-refractivity contribution in [1.29, 1.82) is 0 Å². The minimum Gasteiger partial charge on any atom is -0.492 e. The van der Waals surface area contributed by atoms with Gasteiger partial charge in [-0.25, -0.2) is 4.68 Å². The molecule has 0 radical (unpaired) electrons. The number of ether oxygens (including phenoxy) is 1. The van der Waals surface area contributed by atoms with Gasteiger partial charge in [-0.1, -0.05) is 5.21 Å². The minimum atomic E-state index is -4.53. The summed E-state index contributed by atoms with van der Waals surface area (Å²) in [6.07, 6.45) is -1.28. The minimum absolute atomic E-state index is 0. The molecule has 1 fully saturated rings. The molecular formula is C17H21ClF3N5O2. The summed E-state index contributed by atoms with van der Waals surface area (Å²) in [5.74, 6) is -0.486. The molecule has 7 nitrogen and oxygen atoms in total. The van der Waals surface area contributed by atoms with Gasteiger partial charge in [0, 0.05) is 0 Å². The summed E-state index contributed by atoms with van der Waals surface area (Å²) >= 11 is 0. The van der Waals surface area contributed by atoms with E-state index in [2.05, 4.69) is 20.9 Å². The number of alkyl halides is 3. The number of amides is 1. The maximum absolute atomic E-state index is 13.0. The summed E-state index contributed by atoms with van der Waals surface area (Å²) in [6.45, 7) is 3.66. The molecule has 1 aliphatic heterocycles. The summed E-state index contributed by atoms with van der Waals surface area (Å²) in [4.78, 5) is 12.5. The second-order valence-corrected chi connectivity index (χ2v) is 6.16. The third-order valence-corrected chi connectivity index (χ3v) is 4.28. The standard InChI is InChI=1S/C17H20F3N5O2.ClH/c1-2-27-15-4-3-11(17(18,19)20)9-13(15)22-16(26)14-10-25(24-23-14)12-5-7-21-8-6-12;/h3-4,9-10,12,21H,2,5-8H2,1H3,(H,22,26);1H. The van der Waals surface area contributed by atoms with E-state index in [0.717, 1.165) is 38.1 Å². The number of hydrogen-bond acceptors (Lipinski definition) is 5. The van der Waals surface area contributed by atoms with Crippen LogP contribution in [0.2, 0.25) is 0 Å².